The van der Waals surface area contributed by atoms with Gasteiger partial charge in [0.05, 0.1) is 14.2 Å². The third-order valence-electron chi connectivity index (χ3n) is 2.53. The zero-order chi connectivity index (χ0) is 12.8. The monoisotopic (exact) mass is 237 g/mol. The average Bonchev–Trinajstić information content (AvgIpc) is 2.35. The molecule has 0 heterocycles. The Labute approximate surface area is 102 Å². The van der Waals surface area contributed by atoms with Crippen LogP contribution >= 0.6 is 0 Å². The van der Waals surface area contributed by atoms with Gasteiger partial charge in [-0.3, -0.25) is 0 Å². The van der Waals surface area contributed by atoms with Crippen molar-refractivity contribution in [3.05, 3.63) is 24.3 Å². The number of nitrogens with one attached hydrogen (secondary N) is 1. The van der Waals surface area contributed by atoms with Crippen LogP contribution in [0.15, 0.2) is 24.3 Å². The maximum absolute atomic E-state index is 11.6. The molecule has 0 spiro atoms. The van der Waals surface area contributed by atoms with Gasteiger partial charge in [0.1, 0.15) is 11.8 Å². The van der Waals surface area contributed by atoms with Crippen LogP contribution in [0.3, 0.4) is 0 Å². The van der Waals surface area contributed by atoms with Crippen LogP contribution in [-0.4, -0.2) is 26.2 Å². The first kappa shape index (κ1) is 13.4. The molecule has 0 amide bonds. The second kappa shape index (κ2) is 6.13. The highest BCUT2D eigenvalue weighted by molar-refractivity contribution is 5.79. The summed E-state index contributed by atoms with van der Waals surface area (Å²) in [5.41, 5.74) is 0.870. The summed E-state index contributed by atoms with van der Waals surface area (Å²) in [5, 5.41) is 3.15. The second-order valence-electron chi connectivity index (χ2n) is 4.12. The van der Waals surface area contributed by atoms with Crippen LogP contribution in [-0.2, 0) is 9.53 Å². The van der Waals surface area contributed by atoms with Crippen LogP contribution < -0.4 is 10.1 Å². The quantitative estimate of drug-likeness (QED) is 0.798. The van der Waals surface area contributed by atoms with Gasteiger partial charge < -0.3 is 14.8 Å². The molecule has 4 heteroatoms. The fourth-order valence-corrected chi connectivity index (χ4v) is 1.49. The SMILES string of the molecule is COC(=O)C(Nc1ccc(OC)cc1)C(C)C. The van der Waals surface area contributed by atoms with Crippen molar-refractivity contribution in [3.8, 4) is 5.75 Å². The van der Waals surface area contributed by atoms with Gasteiger partial charge in [-0.15, -0.1) is 0 Å². The summed E-state index contributed by atoms with van der Waals surface area (Å²) in [7, 11) is 3.02. The normalized spacial score (nSPS) is 12.1. The number of anilines is 1. The summed E-state index contributed by atoms with van der Waals surface area (Å²) < 4.78 is 9.84. The maximum atomic E-state index is 11.6. The van der Waals surface area contributed by atoms with Crippen LogP contribution in [0, 0.1) is 5.92 Å². The van der Waals surface area contributed by atoms with Crippen LogP contribution in [0.1, 0.15) is 13.8 Å². The van der Waals surface area contributed by atoms with Gasteiger partial charge in [-0.2, -0.15) is 0 Å². The molecule has 0 fully saturated rings. The summed E-state index contributed by atoms with van der Waals surface area (Å²) in [5.74, 6) is 0.690. The minimum absolute atomic E-state index is 0.157. The van der Waals surface area contributed by atoms with Gasteiger partial charge in [0.15, 0.2) is 0 Å². The number of hydrogen-bond donors (Lipinski definition) is 1. The molecular formula is C13H19NO3. The first-order valence-corrected chi connectivity index (χ1v) is 5.57. The van der Waals surface area contributed by atoms with Crippen molar-refractivity contribution in [2.45, 2.75) is 19.9 Å². The van der Waals surface area contributed by atoms with E-state index in [0.29, 0.717) is 0 Å². The molecule has 0 aliphatic rings. The maximum Gasteiger partial charge on any atom is 0.328 e. The lowest BCUT2D eigenvalue weighted by atomic mass is 10.0. The number of rotatable bonds is 5. The summed E-state index contributed by atoms with van der Waals surface area (Å²) in [6.07, 6.45) is 0. The fourth-order valence-electron chi connectivity index (χ4n) is 1.49. The van der Waals surface area contributed by atoms with Gasteiger partial charge in [-0.1, -0.05) is 13.8 Å². The Kier molecular flexibility index (Phi) is 4.82. The number of benzene rings is 1. The molecule has 0 aliphatic carbocycles. The van der Waals surface area contributed by atoms with Crippen molar-refractivity contribution in [2.75, 3.05) is 19.5 Å². The first-order valence-electron chi connectivity index (χ1n) is 5.57. The molecule has 1 aromatic rings. The first-order chi connectivity index (χ1) is 8.08. The predicted molar refractivity (Wildman–Crippen MR) is 67.3 cm³/mol. The molecule has 94 valence electrons. The zero-order valence-corrected chi connectivity index (χ0v) is 10.7. The lowest BCUT2D eigenvalue weighted by Gasteiger charge is -2.21. The van der Waals surface area contributed by atoms with Crippen LogP contribution in [0.2, 0.25) is 0 Å². The topological polar surface area (TPSA) is 47.6 Å². The zero-order valence-electron chi connectivity index (χ0n) is 10.7. The molecule has 1 unspecified atom stereocenters. The Morgan fingerprint density at radius 3 is 2.18 bits per heavy atom. The number of ether oxygens (including phenoxy) is 2. The Morgan fingerprint density at radius 1 is 1.18 bits per heavy atom. The van der Waals surface area contributed by atoms with Gasteiger partial charge in [0.25, 0.3) is 0 Å². The Morgan fingerprint density at radius 2 is 1.76 bits per heavy atom. The molecule has 0 bridgehead atoms. The molecule has 1 aromatic carbocycles. The van der Waals surface area contributed by atoms with Crippen molar-refractivity contribution in [2.24, 2.45) is 5.92 Å². The van der Waals surface area contributed by atoms with E-state index in [1.54, 1.807) is 7.11 Å². The molecule has 0 saturated carbocycles. The van der Waals surface area contributed by atoms with Crippen molar-refractivity contribution >= 4 is 11.7 Å². The number of carbonyl (C=O) groups excluding carboxylic acids is 1. The fraction of sp³-hybridized carbons (Fsp3) is 0.462. The highest BCUT2D eigenvalue weighted by Crippen LogP contribution is 2.18. The van der Waals surface area contributed by atoms with Crippen molar-refractivity contribution < 1.29 is 14.3 Å². The van der Waals surface area contributed by atoms with E-state index >= 15 is 0 Å². The predicted octanol–water partition coefficient (Wildman–Crippen LogP) is 2.30. The summed E-state index contributed by atoms with van der Waals surface area (Å²) in [4.78, 5) is 11.6. The molecule has 0 radical (unpaired) electrons. The third-order valence-corrected chi connectivity index (χ3v) is 2.53. The van der Waals surface area contributed by atoms with E-state index in [4.69, 9.17) is 9.47 Å². The van der Waals surface area contributed by atoms with Crippen molar-refractivity contribution in [3.63, 3.8) is 0 Å². The Bertz CT molecular complexity index is 359. The molecular weight excluding hydrogens is 218 g/mol. The Hall–Kier alpha value is -1.71. The van der Waals surface area contributed by atoms with Crippen molar-refractivity contribution in [1.82, 2.24) is 0 Å². The van der Waals surface area contributed by atoms with Crippen LogP contribution in [0.5, 0.6) is 5.75 Å². The molecule has 0 saturated heterocycles. The standard InChI is InChI=1S/C13H19NO3/c1-9(2)12(13(15)17-4)14-10-5-7-11(16-3)8-6-10/h5-9,12,14H,1-4H3. The van der Waals surface area contributed by atoms with E-state index in [1.165, 1.54) is 7.11 Å². The smallest absolute Gasteiger partial charge is 0.328 e. The van der Waals surface area contributed by atoms with E-state index in [0.717, 1.165) is 11.4 Å². The summed E-state index contributed by atoms with van der Waals surface area (Å²) >= 11 is 0. The van der Waals surface area contributed by atoms with Crippen LogP contribution in [0.25, 0.3) is 0 Å². The molecule has 17 heavy (non-hydrogen) atoms. The molecule has 1 rings (SSSR count). The lowest BCUT2D eigenvalue weighted by Crippen LogP contribution is -2.35. The molecule has 0 aromatic heterocycles. The molecule has 0 aliphatic heterocycles. The van der Waals surface area contributed by atoms with Crippen molar-refractivity contribution in [1.29, 1.82) is 0 Å². The number of esters is 1. The molecule has 1 N–H and O–H groups in total. The second-order valence-corrected chi connectivity index (χ2v) is 4.12. The molecule has 4 nitrogen and oxygen atoms in total. The lowest BCUT2D eigenvalue weighted by molar-refractivity contribution is -0.142. The number of hydrogen-bond acceptors (Lipinski definition) is 4. The number of carbonyl (C=O) groups is 1. The highest BCUT2D eigenvalue weighted by Gasteiger charge is 2.22. The summed E-state index contributed by atoms with van der Waals surface area (Å²) in [6, 6.07) is 7.09. The Balaban J connectivity index is 2.75. The largest absolute Gasteiger partial charge is 0.497 e. The third kappa shape index (κ3) is 3.66. The number of methoxy groups -OCH3 is 2. The highest BCUT2D eigenvalue weighted by atomic mass is 16.5. The molecule has 1 atom stereocenters. The van der Waals surface area contributed by atoms with Crippen LogP contribution in [0.4, 0.5) is 5.69 Å². The minimum Gasteiger partial charge on any atom is -0.497 e. The van der Waals surface area contributed by atoms with Gasteiger partial charge >= 0.3 is 5.97 Å². The van der Waals surface area contributed by atoms with Gasteiger partial charge in [-0.25, -0.2) is 4.79 Å². The van der Waals surface area contributed by atoms with E-state index in [-0.39, 0.29) is 17.9 Å². The van der Waals surface area contributed by atoms with E-state index in [9.17, 15) is 4.79 Å². The van der Waals surface area contributed by atoms with Gasteiger partial charge in [-0.05, 0) is 30.2 Å². The van der Waals surface area contributed by atoms with E-state index in [1.807, 2.05) is 38.1 Å². The van der Waals surface area contributed by atoms with Gasteiger partial charge in [0, 0.05) is 5.69 Å². The summed E-state index contributed by atoms with van der Waals surface area (Å²) in [6.45, 7) is 3.94. The van der Waals surface area contributed by atoms with E-state index < -0.39 is 0 Å². The van der Waals surface area contributed by atoms with Gasteiger partial charge in [0.2, 0.25) is 0 Å². The minimum atomic E-state index is -0.339. The average molecular weight is 237 g/mol. The van der Waals surface area contributed by atoms with E-state index in [2.05, 4.69) is 5.32 Å².